The molecule has 0 spiro atoms. The lowest BCUT2D eigenvalue weighted by atomic mass is 9.70. The summed E-state index contributed by atoms with van der Waals surface area (Å²) >= 11 is 7.51. The highest BCUT2D eigenvalue weighted by molar-refractivity contribution is 9.10. The minimum absolute atomic E-state index is 0.0193. The van der Waals surface area contributed by atoms with E-state index in [2.05, 4.69) is 51.4 Å². The number of anilines is 2. The molecule has 0 saturated carbocycles. The molecule has 5 rings (SSSR count). The number of nitriles is 1. The molecule has 1 amide bonds. The maximum Gasteiger partial charge on any atom is 0.234 e. The zero-order valence-corrected chi connectivity index (χ0v) is 25.5. The molecule has 200 valence electrons. The van der Waals surface area contributed by atoms with Crippen molar-refractivity contribution in [3.05, 3.63) is 73.3 Å². The molecule has 39 heavy (non-hydrogen) atoms. The SMILES string of the molecule is Cc1ccc(C2C(C#N)=C(N)N(c3nnc(SCC(=O)Nc4cccc(Br)c4)s3)C3=C2C(=O)CC(C)(C)C3)s1. The van der Waals surface area contributed by atoms with Gasteiger partial charge in [0, 0.05) is 37.6 Å². The van der Waals surface area contributed by atoms with Crippen LogP contribution in [0.3, 0.4) is 0 Å². The molecule has 1 aliphatic heterocycles. The second-order valence-electron chi connectivity index (χ2n) is 10.1. The molecule has 1 unspecified atom stereocenters. The average Bonchev–Trinajstić information content (AvgIpc) is 3.50. The molecular weight excluding hydrogens is 616 g/mol. The first-order chi connectivity index (χ1) is 18.6. The van der Waals surface area contributed by atoms with Gasteiger partial charge in [0.2, 0.25) is 11.0 Å². The fourth-order valence-corrected chi connectivity index (χ4v) is 7.94. The summed E-state index contributed by atoms with van der Waals surface area (Å²) in [7, 11) is 0. The van der Waals surface area contributed by atoms with Crippen molar-refractivity contribution in [2.24, 2.45) is 11.1 Å². The quantitative estimate of drug-likeness (QED) is 0.299. The Kier molecular flexibility index (Phi) is 7.70. The number of benzene rings is 1. The summed E-state index contributed by atoms with van der Waals surface area (Å²) < 4.78 is 1.46. The maximum absolute atomic E-state index is 13.6. The largest absolute Gasteiger partial charge is 0.384 e. The van der Waals surface area contributed by atoms with Crippen molar-refractivity contribution in [3.63, 3.8) is 0 Å². The number of aromatic nitrogens is 2. The minimum Gasteiger partial charge on any atom is -0.384 e. The van der Waals surface area contributed by atoms with Gasteiger partial charge in [0.15, 0.2) is 10.1 Å². The predicted octanol–water partition coefficient (Wildman–Crippen LogP) is 6.34. The summed E-state index contributed by atoms with van der Waals surface area (Å²) in [6, 6.07) is 13.6. The smallest absolute Gasteiger partial charge is 0.234 e. The molecule has 0 saturated heterocycles. The number of aryl methyl sites for hydroxylation is 1. The van der Waals surface area contributed by atoms with Gasteiger partial charge in [-0.2, -0.15) is 5.26 Å². The number of ketones is 1. The molecule has 1 aliphatic carbocycles. The number of halogens is 1. The van der Waals surface area contributed by atoms with Crippen molar-refractivity contribution in [3.8, 4) is 6.07 Å². The Bertz CT molecular complexity index is 1580. The zero-order valence-electron chi connectivity index (χ0n) is 21.4. The summed E-state index contributed by atoms with van der Waals surface area (Å²) in [5.41, 5.74) is 8.81. The lowest BCUT2D eigenvalue weighted by Gasteiger charge is -2.42. The molecule has 1 aromatic carbocycles. The third-order valence-corrected chi connectivity index (χ3v) is 10.0. The first-order valence-corrected chi connectivity index (χ1v) is 15.5. The molecule has 3 N–H and O–H groups in total. The molecule has 2 aliphatic rings. The number of rotatable bonds is 6. The van der Waals surface area contributed by atoms with Gasteiger partial charge in [-0.25, -0.2) is 0 Å². The number of hydrogen-bond acceptors (Lipinski definition) is 10. The first-order valence-electron chi connectivity index (χ1n) is 12.1. The highest BCUT2D eigenvalue weighted by atomic mass is 79.9. The Morgan fingerprint density at radius 1 is 1.28 bits per heavy atom. The van der Waals surface area contributed by atoms with Crippen LogP contribution in [-0.2, 0) is 9.59 Å². The minimum atomic E-state index is -0.493. The number of hydrogen-bond donors (Lipinski definition) is 2. The Morgan fingerprint density at radius 2 is 2.08 bits per heavy atom. The second kappa shape index (κ2) is 10.9. The molecule has 2 aromatic heterocycles. The van der Waals surface area contributed by atoms with Crippen molar-refractivity contribution in [2.45, 2.75) is 43.9 Å². The fraction of sp³-hybridized carbons (Fsp3) is 0.296. The van der Waals surface area contributed by atoms with Gasteiger partial charge >= 0.3 is 0 Å². The summed E-state index contributed by atoms with van der Waals surface area (Å²) in [6.07, 6.45) is 0.995. The maximum atomic E-state index is 13.6. The van der Waals surface area contributed by atoms with Crippen molar-refractivity contribution in [1.82, 2.24) is 10.2 Å². The van der Waals surface area contributed by atoms with E-state index in [0.29, 0.717) is 39.1 Å². The third kappa shape index (κ3) is 5.68. The van der Waals surface area contributed by atoms with Gasteiger partial charge in [0.1, 0.15) is 5.82 Å². The van der Waals surface area contributed by atoms with Gasteiger partial charge < -0.3 is 11.1 Å². The number of thiophene rings is 1. The van der Waals surface area contributed by atoms with Crippen LogP contribution in [0.15, 0.2) is 67.9 Å². The van der Waals surface area contributed by atoms with Gasteiger partial charge in [-0.05, 0) is 49.1 Å². The van der Waals surface area contributed by atoms with Crippen LogP contribution in [0.5, 0.6) is 0 Å². The van der Waals surface area contributed by atoms with E-state index in [1.54, 1.807) is 16.2 Å². The van der Waals surface area contributed by atoms with E-state index in [-0.39, 0.29) is 28.7 Å². The van der Waals surface area contributed by atoms with Crippen LogP contribution in [-0.4, -0.2) is 27.6 Å². The van der Waals surface area contributed by atoms with Gasteiger partial charge in [-0.1, -0.05) is 58.9 Å². The van der Waals surface area contributed by atoms with Crippen LogP contribution in [0.25, 0.3) is 0 Å². The molecule has 12 heteroatoms. The molecule has 8 nitrogen and oxygen atoms in total. The van der Waals surface area contributed by atoms with E-state index in [4.69, 9.17) is 5.73 Å². The lowest BCUT2D eigenvalue weighted by molar-refractivity contribution is -0.118. The van der Waals surface area contributed by atoms with Gasteiger partial charge in [-0.15, -0.1) is 21.5 Å². The summed E-state index contributed by atoms with van der Waals surface area (Å²) in [6.45, 7) is 6.12. The number of nitrogens with one attached hydrogen (secondary N) is 1. The molecule has 0 radical (unpaired) electrons. The number of thioether (sulfide) groups is 1. The van der Waals surface area contributed by atoms with Crippen molar-refractivity contribution in [2.75, 3.05) is 16.0 Å². The van der Waals surface area contributed by atoms with Crippen LogP contribution in [0.1, 0.15) is 42.4 Å². The number of amides is 1. The van der Waals surface area contributed by atoms with Crippen LogP contribution >= 0.6 is 50.4 Å². The number of nitrogens with two attached hydrogens (primary N) is 1. The second-order valence-corrected chi connectivity index (χ2v) is 14.5. The molecular formula is C27H25BrN6O2S3. The van der Waals surface area contributed by atoms with E-state index >= 15 is 0 Å². The highest BCUT2D eigenvalue weighted by Gasteiger charge is 2.45. The fourth-order valence-electron chi connectivity index (χ4n) is 4.86. The Balaban J connectivity index is 1.45. The van der Waals surface area contributed by atoms with E-state index in [1.165, 1.54) is 23.1 Å². The molecule has 0 bridgehead atoms. The van der Waals surface area contributed by atoms with Crippen LogP contribution < -0.4 is 16.0 Å². The highest BCUT2D eigenvalue weighted by Crippen LogP contribution is 2.51. The molecule has 0 fully saturated rings. The van der Waals surface area contributed by atoms with E-state index in [1.807, 2.05) is 43.3 Å². The van der Waals surface area contributed by atoms with Gasteiger partial charge in [-0.3, -0.25) is 14.5 Å². The van der Waals surface area contributed by atoms with Crippen LogP contribution in [0.2, 0.25) is 0 Å². The number of Topliss-reactive ketones (excluding diaryl/α,β-unsaturated/α-hetero) is 1. The van der Waals surface area contributed by atoms with Crippen molar-refractivity contribution < 1.29 is 9.59 Å². The number of carbonyl (C=O) groups is 2. The number of carbonyl (C=O) groups excluding carboxylic acids is 2. The Labute approximate surface area is 247 Å². The van der Waals surface area contributed by atoms with Crippen LogP contribution in [0.4, 0.5) is 10.8 Å². The topological polar surface area (TPSA) is 125 Å². The van der Waals surface area contributed by atoms with Crippen molar-refractivity contribution in [1.29, 1.82) is 5.26 Å². The van der Waals surface area contributed by atoms with Crippen LogP contribution in [0, 0.1) is 23.7 Å². The molecule has 3 aromatic rings. The molecule has 3 heterocycles. The van der Waals surface area contributed by atoms with E-state index in [9.17, 15) is 14.9 Å². The molecule has 1 atom stereocenters. The Hall–Kier alpha value is -2.98. The van der Waals surface area contributed by atoms with Crippen molar-refractivity contribution >= 4 is 72.9 Å². The van der Waals surface area contributed by atoms with E-state index < -0.39 is 5.92 Å². The predicted molar refractivity (Wildman–Crippen MR) is 160 cm³/mol. The lowest BCUT2D eigenvalue weighted by Crippen LogP contribution is -2.42. The summed E-state index contributed by atoms with van der Waals surface area (Å²) in [4.78, 5) is 29.9. The van der Waals surface area contributed by atoms with E-state index in [0.717, 1.165) is 19.9 Å². The number of allylic oxidation sites excluding steroid dienone is 3. The first kappa shape index (κ1) is 27.6. The normalized spacial score (nSPS) is 18.7. The van der Waals surface area contributed by atoms with Gasteiger partial charge in [0.05, 0.1) is 23.3 Å². The summed E-state index contributed by atoms with van der Waals surface area (Å²) in [5.74, 6) is -0.233. The third-order valence-electron chi connectivity index (χ3n) is 6.45. The number of nitrogens with zero attached hydrogens (tertiary/aromatic N) is 4. The Morgan fingerprint density at radius 3 is 2.77 bits per heavy atom. The monoisotopic (exact) mass is 640 g/mol. The summed E-state index contributed by atoms with van der Waals surface area (Å²) in [5, 5.41) is 22.2. The standard InChI is InChI=1S/C27H25BrN6O2S3/c1-14-7-8-20(38-14)22-17(12-29)24(30)34(18-10-27(2,3)11-19(35)23(18)22)25-32-33-26(39-25)37-13-21(36)31-16-6-4-5-15(28)9-16/h4-9,22H,10-11,13,30H2,1-3H3,(H,31,36). The zero-order chi connectivity index (χ0) is 27.9. The average molecular weight is 642 g/mol. The van der Waals surface area contributed by atoms with Gasteiger partial charge in [0.25, 0.3) is 0 Å².